The number of hydrogen-bond donors (Lipinski definition) is 4. The molecule has 0 spiro atoms. The van der Waals surface area contributed by atoms with Crippen molar-refractivity contribution in [2.45, 2.75) is 25.8 Å². The van der Waals surface area contributed by atoms with Crippen LogP contribution in [0.15, 0.2) is 12.5 Å². The Morgan fingerprint density at radius 2 is 2.24 bits per heavy atom. The lowest BCUT2D eigenvalue weighted by Gasteiger charge is -2.21. The van der Waals surface area contributed by atoms with Gasteiger partial charge in [0.1, 0.15) is 5.54 Å². The highest BCUT2D eigenvalue weighted by molar-refractivity contribution is 5.85. The average molecular weight is 240 g/mol. The Morgan fingerprint density at radius 1 is 1.53 bits per heavy atom. The summed E-state index contributed by atoms with van der Waals surface area (Å²) in [4.78, 5) is 28.9. The van der Waals surface area contributed by atoms with Crippen molar-refractivity contribution < 1.29 is 14.7 Å². The zero-order valence-corrected chi connectivity index (χ0v) is 9.78. The van der Waals surface area contributed by atoms with Gasteiger partial charge in [0.25, 0.3) is 0 Å². The van der Waals surface area contributed by atoms with Crippen molar-refractivity contribution in [3.05, 3.63) is 18.2 Å². The van der Waals surface area contributed by atoms with Crippen LogP contribution in [0.1, 0.15) is 19.5 Å². The van der Waals surface area contributed by atoms with E-state index in [2.05, 4.69) is 20.6 Å². The predicted molar refractivity (Wildman–Crippen MR) is 60.5 cm³/mol. The molecule has 94 valence electrons. The normalized spacial score (nSPS) is 10.9. The van der Waals surface area contributed by atoms with Gasteiger partial charge in [0.05, 0.1) is 6.33 Å². The third kappa shape index (κ3) is 4.13. The maximum absolute atomic E-state index is 11.4. The molecule has 0 radical (unpaired) electrons. The quantitative estimate of drug-likeness (QED) is 0.586. The lowest BCUT2D eigenvalue weighted by molar-refractivity contribution is -0.142. The van der Waals surface area contributed by atoms with E-state index in [4.69, 9.17) is 5.11 Å². The number of amides is 2. The van der Waals surface area contributed by atoms with Gasteiger partial charge in [-0.1, -0.05) is 0 Å². The molecule has 1 rings (SSSR count). The van der Waals surface area contributed by atoms with E-state index >= 15 is 0 Å². The van der Waals surface area contributed by atoms with Crippen molar-refractivity contribution in [1.82, 2.24) is 20.6 Å². The molecule has 0 aliphatic carbocycles. The average Bonchev–Trinajstić information content (AvgIpc) is 2.69. The molecule has 1 aromatic rings. The number of carboxylic acids is 1. The fourth-order valence-corrected chi connectivity index (χ4v) is 1.11. The van der Waals surface area contributed by atoms with Crippen LogP contribution in [0, 0.1) is 0 Å². The van der Waals surface area contributed by atoms with Crippen molar-refractivity contribution in [2.24, 2.45) is 0 Å². The maximum Gasteiger partial charge on any atom is 0.328 e. The highest BCUT2D eigenvalue weighted by atomic mass is 16.4. The van der Waals surface area contributed by atoms with Crippen molar-refractivity contribution in [3.8, 4) is 0 Å². The van der Waals surface area contributed by atoms with Gasteiger partial charge < -0.3 is 20.7 Å². The van der Waals surface area contributed by atoms with Crippen LogP contribution in [0.3, 0.4) is 0 Å². The SMILES string of the molecule is CC(C)(NC(=O)NCCc1cnc[nH]1)C(=O)O. The summed E-state index contributed by atoms with van der Waals surface area (Å²) in [7, 11) is 0. The number of carbonyl (C=O) groups is 2. The largest absolute Gasteiger partial charge is 0.480 e. The molecule has 4 N–H and O–H groups in total. The monoisotopic (exact) mass is 240 g/mol. The van der Waals surface area contributed by atoms with Gasteiger partial charge >= 0.3 is 12.0 Å². The first-order valence-corrected chi connectivity index (χ1v) is 5.18. The van der Waals surface area contributed by atoms with Crippen LogP contribution < -0.4 is 10.6 Å². The molecule has 0 aromatic carbocycles. The number of aliphatic carboxylic acids is 1. The Morgan fingerprint density at radius 3 is 2.76 bits per heavy atom. The van der Waals surface area contributed by atoms with Gasteiger partial charge in [0.2, 0.25) is 0 Å². The lowest BCUT2D eigenvalue weighted by Crippen LogP contribution is -2.53. The van der Waals surface area contributed by atoms with E-state index in [9.17, 15) is 9.59 Å². The number of carboxylic acid groups (broad SMARTS) is 1. The smallest absolute Gasteiger partial charge is 0.328 e. The molecule has 2 amide bonds. The number of nitrogens with zero attached hydrogens (tertiary/aromatic N) is 1. The molecule has 1 aromatic heterocycles. The number of aromatic nitrogens is 2. The Bertz CT molecular complexity index is 386. The molecule has 7 heteroatoms. The molecule has 17 heavy (non-hydrogen) atoms. The van der Waals surface area contributed by atoms with Crippen LogP contribution >= 0.6 is 0 Å². The predicted octanol–water partition coefficient (Wildman–Crippen LogP) is 0.115. The summed E-state index contributed by atoms with van der Waals surface area (Å²) in [5.41, 5.74) is -0.374. The van der Waals surface area contributed by atoms with E-state index in [0.717, 1.165) is 5.69 Å². The van der Waals surface area contributed by atoms with E-state index in [0.29, 0.717) is 13.0 Å². The van der Waals surface area contributed by atoms with Gasteiger partial charge in [0.15, 0.2) is 0 Å². The van der Waals surface area contributed by atoms with Crippen LogP contribution in [0.5, 0.6) is 0 Å². The first kappa shape index (κ1) is 13.0. The van der Waals surface area contributed by atoms with Gasteiger partial charge in [-0.3, -0.25) is 0 Å². The van der Waals surface area contributed by atoms with E-state index in [1.165, 1.54) is 13.8 Å². The number of nitrogens with one attached hydrogen (secondary N) is 3. The Kier molecular flexibility index (Phi) is 4.08. The highest BCUT2D eigenvalue weighted by Gasteiger charge is 2.28. The minimum atomic E-state index is -1.28. The van der Waals surface area contributed by atoms with E-state index < -0.39 is 17.5 Å². The second-order valence-corrected chi connectivity index (χ2v) is 4.14. The van der Waals surface area contributed by atoms with Crippen molar-refractivity contribution in [2.75, 3.05) is 6.54 Å². The topological polar surface area (TPSA) is 107 Å². The number of urea groups is 1. The van der Waals surface area contributed by atoms with Crippen LogP contribution in [0.4, 0.5) is 4.79 Å². The minimum Gasteiger partial charge on any atom is -0.480 e. The zero-order valence-electron chi connectivity index (χ0n) is 9.78. The molecule has 0 fully saturated rings. The fourth-order valence-electron chi connectivity index (χ4n) is 1.11. The number of hydrogen-bond acceptors (Lipinski definition) is 3. The van der Waals surface area contributed by atoms with Gasteiger partial charge in [0, 0.05) is 24.9 Å². The van der Waals surface area contributed by atoms with Gasteiger partial charge in [-0.25, -0.2) is 14.6 Å². The van der Waals surface area contributed by atoms with Crippen LogP contribution in [-0.4, -0.2) is 39.2 Å². The maximum atomic E-state index is 11.4. The molecule has 7 nitrogen and oxygen atoms in total. The summed E-state index contributed by atoms with van der Waals surface area (Å²) in [6.07, 6.45) is 3.84. The molecule has 0 aliphatic rings. The first-order valence-electron chi connectivity index (χ1n) is 5.18. The van der Waals surface area contributed by atoms with Crippen molar-refractivity contribution >= 4 is 12.0 Å². The minimum absolute atomic E-state index is 0.406. The third-order valence-electron chi connectivity index (χ3n) is 2.20. The van der Waals surface area contributed by atoms with Gasteiger partial charge in [-0.15, -0.1) is 0 Å². The van der Waals surface area contributed by atoms with Crippen LogP contribution in [0.2, 0.25) is 0 Å². The molecule has 0 bridgehead atoms. The molecule has 0 saturated heterocycles. The fraction of sp³-hybridized carbons (Fsp3) is 0.500. The number of aromatic amines is 1. The van der Waals surface area contributed by atoms with Crippen molar-refractivity contribution in [3.63, 3.8) is 0 Å². The molecule has 1 heterocycles. The molecule has 0 saturated carbocycles. The summed E-state index contributed by atoms with van der Waals surface area (Å²) >= 11 is 0. The standard InChI is InChI=1S/C10H16N4O3/c1-10(2,8(15)16)14-9(17)12-4-3-7-5-11-6-13-7/h5-6H,3-4H2,1-2H3,(H,11,13)(H,15,16)(H2,12,14,17). The second-order valence-electron chi connectivity index (χ2n) is 4.14. The van der Waals surface area contributed by atoms with Crippen molar-refractivity contribution in [1.29, 1.82) is 0 Å². The second kappa shape index (κ2) is 5.33. The zero-order chi connectivity index (χ0) is 12.9. The van der Waals surface area contributed by atoms with Crippen LogP contribution in [0.25, 0.3) is 0 Å². The molecular weight excluding hydrogens is 224 g/mol. The van der Waals surface area contributed by atoms with E-state index in [-0.39, 0.29) is 0 Å². The number of carbonyl (C=O) groups excluding carboxylic acids is 1. The molecule has 0 aliphatic heterocycles. The summed E-state index contributed by atoms with van der Waals surface area (Å²) in [6.45, 7) is 3.25. The van der Waals surface area contributed by atoms with E-state index in [1.807, 2.05) is 0 Å². The summed E-state index contributed by atoms with van der Waals surface area (Å²) in [6, 6.07) is -0.503. The highest BCUT2D eigenvalue weighted by Crippen LogP contribution is 2.00. The summed E-state index contributed by atoms with van der Waals surface area (Å²) < 4.78 is 0. The summed E-state index contributed by atoms with van der Waals surface area (Å²) in [5.74, 6) is -1.08. The molecular formula is C10H16N4O3. The summed E-state index contributed by atoms with van der Waals surface area (Å²) in [5, 5.41) is 13.7. The van der Waals surface area contributed by atoms with Gasteiger partial charge in [-0.05, 0) is 13.8 Å². The Balaban J connectivity index is 2.28. The first-order chi connectivity index (χ1) is 7.92. The Hall–Kier alpha value is -2.05. The Labute approximate surface area is 98.6 Å². The molecule has 0 atom stereocenters. The number of rotatable bonds is 5. The third-order valence-corrected chi connectivity index (χ3v) is 2.20. The molecule has 0 unspecified atom stereocenters. The van der Waals surface area contributed by atoms with Gasteiger partial charge in [-0.2, -0.15) is 0 Å². The number of imidazole rings is 1. The lowest BCUT2D eigenvalue weighted by atomic mass is 10.1. The van der Waals surface area contributed by atoms with E-state index in [1.54, 1.807) is 12.5 Å². The number of H-pyrrole nitrogens is 1. The van der Waals surface area contributed by atoms with Crippen LogP contribution in [-0.2, 0) is 11.2 Å².